The van der Waals surface area contributed by atoms with Crippen molar-refractivity contribution in [1.82, 2.24) is 20.4 Å². The number of likely N-dealkylation sites (tertiary alicyclic amines) is 1. The molecule has 2 N–H and O–H groups in total. The fourth-order valence-electron chi connectivity index (χ4n) is 3.59. The third-order valence-corrected chi connectivity index (χ3v) is 5.14. The number of hydrogen-bond donors (Lipinski definition) is 2. The highest BCUT2D eigenvalue weighted by atomic mass is 19.1. The van der Waals surface area contributed by atoms with Crippen LogP contribution in [0.25, 0.3) is 0 Å². The number of nitrogens with one attached hydrogen (secondary N) is 2. The molecule has 1 aromatic rings. The van der Waals surface area contributed by atoms with E-state index < -0.39 is 0 Å². The summed E-state index contributed by atoms with van der Waals surface area (Å²) in [4.78, 5) is 8.85. The van der Waals surface area contributed by atoms with Crippen molar-refractivity contribution in [3.63, 3.8) is 0 Å². The molecule has 1 saturated heterocycles. The minimum Gasteiger partial charge on any atom is -0.356 e. The molecule has 0 radical (unpaired) electrons. The fourth-order valence-corrected chi connectivity index (χ4v) is 3.59. The van der Waals surface area contributed by atoms with Gasteiger partial charge in [-0.1, -0.05) is 12.5 Å². The molecule has 5 nitrogen and oxygen atoms in total. The lowest BCUT2D eigenvalue weighted by atomic mass is 10.0. The Balaban J connectivity index is 1.73. The summed E-state index contributed by atoms with van der Waals surface area (Å²) in [6.45, 7) is 6.83. The monoisotopic (exact) mass is 377 g/mol. The summed E-state index contributed by atoms with van der Waals surface area (Å²) in [5.41, 5.74) is 1.77. The van der Waals surface area contributed by atoms with Crippen LogP contribution in [0.4, 0.5) is 4.39 Å². The van der Waals surface area contributed by atoms with Crippen LogP contribution in [0.15, 0.2) is 23.2 Å². The molecule has 0 saturated carbocycles. The van der Waals surface area contributed by atoms with E-state index in [9.17, 15) is 4.39 Å². The Labute approximate surface area is 164 Å². The van der Waals surface area contributed by atoms with E-state index in [0.29, 0.717) is 19.1 Å². The molecule has 1 aliphatic rings. The zero-order chi connectivity index (χ0) is 19.6. The molecule has 1 fully saturated rings. The number of nitrogens with zero attached hydrogens (tertiary/aromatic N) is 3. The van der Waals surface area contributed by atoms with Crippen LogP contribution >= 0.6 is 0 Å². The fraction of sp³-hybridized carbons (Fsp3) is 0.667. The molecule has 1 heterocycles. The van der Waals surface area contributed by atoms with Gasteiger partial charge in [-0.25, -0.2) is 4.39 Å². The molecule has 1 atom stereocenters. The van der Waals surface area contributed by atoms with Gasteiger partial charge in [0.2, 0.25) is 0 Å². The number of aliphatic imine (C=N–C) groups is 1. The summed E-state index contributed by atoms with van der Waals surface area (Å²) in [5.74, 6) is 0.641. The Kier molecular flexibility index (Phi) is 9.01. The molecular weight excluding hydrogens is 341 g/mol. The van der Waals surface area contributed by atoms with Crippen LogP contribution in [0.5, 0.6) is 0 Å². The molecule has 1 aromatic carbocycles. The van der Waals surface area contributed by atoms with Gasteiger partial charge in [-0.2, -0.15) is 0 Å². The first-order valence-corrected chi connectivity index (χ1v) is 10.1. The smallest absolute Gasteiger partial charge is 0.191 e. The maximum Gasteiger partial charge on any atom is 0.191 e. The first-order valence-electron chi connectivity index (χ1n) is 10.1. The van der Waals surface area contributed by atoms with Crippen LogP contribution in [0, 0.1) is 5.82 Å². The van der Waals surface area contributed by atoms with Crippen LogP contribution < -0.4 is 10.6 Å². The Morgan fingerprint density at radius 2 is 2.11 bits per heavy atom. The predicted molar refractivity (Wildman–Crippen MR) is 111 cm³/mol. The summed E-state index contributed by atoms with van der Waals surface area (Å²) >= 11 is 0. The van der Waals surface area contributed by atoms with Gasteiger partial charge in [-0.3, -0.25) is 4.99 Å². The predicted octanol–water partition coefficient (Wildman–Crippen LogP) is 2.82. The van der Waals surface area contributed by atoms with Crippen molar-refractivity contribution < 1.29 is 4.39 Å². The summed E-state index contributed by atoms with van der Waals surface area (Å²) < 4.78 is 13.9. The highest BCUT2D eigenvalue weighted by molar-refractivity contribution is 5.79. The van der Waals surface area contributed by atoms with Crippen molar-refractivity contribution in [3.8, 4) is 0 Å². The van der Waals surface area contributed by atoms with Crippen molar-refractivity contribution in [2.24, 2.45) is 4.99 Å². The number of benzene rings is 1. The minimum absolute atomic E-state index is 0.151. The maximum atomic E-state index is 13.9. The molecule has 1 unspecified atom stereocenters. The second-order valence-corrected chi connectivity index (χ2v) is 7.75. The highest BCUT2D eigenvalue weighted by Gasteiger charge is 2.17. The zero-order valence-corrected chi connectivity index (χ0v) is 17.4. The van der Waals surface area contributed by atoms with Gasteiger partial charge in [0.25, 0.3) is 0 Å². The Hall–Kier alpha value is -1.66. The number of guanidine groups is 1. The van der Waals surface area contributed by atoms with Crippen molar-refractivity contribution in [3.05, 3.63) is 35.1 Å². The molecule has 1 aliphatic heterocycles. The van der Waals surface area contributed by atoms with Gasteiger partial charge in [0.1, 0.15) is 5.82 Å². The van der Waals surface area contributed by atoms with Crippen LogP contribution in [0.2, 0.25) is 0 Å². The molecule has 152 valence electrons. The molecule has 0 spiro atoms. The quantitative estimate of drug-likeness (QED) is 0.415. The lowest BCUT2D eigenvalue weighted by Gasteiger charge is -2.33. The van der Waals surface area contributed by atoms with Gasteiger partial charge >= 0.3 is 0 Å². The molecule has 0 amide bonds. The van der Waals surface area contributed by atoms with E-state index in [0.717, 1.165) is 36.6 Å². The standard InChI is InChI=1S/C21H36FN5/c1-17-8-5-6-12-27(17)13-7-11-24-21(23-2)25-15-18-9-10-20(22)19(14-18)16-26(3)4/h9-10,14,17H,5-8,11-13,15-16H2,1-4H3,(H2,23,24,25). The Bertz CT molecular complexity index is 602. The first kappa shape index (κ1) is 21.6. The van der Waals surface area contributed by atoms with Gasteiger partial charge in [-0.15, -0.1) is 0 Å². The van der Waals surface area contributed by atoms with E-state index in [-0.39, 0.29) is 5.82 Å². The van der Waals surface area contributed by atoms with Gasteiger partial charge in [0.15, 0.2) is 5.96 Å². The van der Waals surface area contributed by atoms with Crippen molar-refractivity contribution in [2.45, 2.75) is 51.7 Å². The molecular formula is C21H36FN5. The zero-order valence-electron chi connectivity index (χ0n) is 17.4. The van der Waals surface area contributed by atoms with E-state index >= 15 is 0 Å². The third-order valence-electron chi connectivity index (χ3n) is 5.14. The summed E-state index contributed by atoms with van der Waals surface area (Å²) in [6, 6.07) is 6.01. The molecule has 2 rings (SSSR count). The Morgan fingerprint density at radius 1 is 1.30 bits per heavy atom. The van der Waals surface area contributed by atoms with Crippen molar-refractivity contribution >= 4 is 5.96 Å². The minimum atomic E-state index is -0.151. The lowest BCUT2D eigenvalue weighted by Crippen LogP contribution is -2.41. The molecule has 0 bridgehead atoms. The van der Waals surface area contributed by atoms with Crippen LogP contribution in [0.3, 0.4) is 0 Å². The van der Waals surface area contributed by atoms with Crippen molar-refractivity contribution in [1.29, 1.82) is 0 Å². The van der Waals surface area contributed by atoms with E-state index in [1.807, 2.05) is 31.1 Å². The van der Waals surface area contributed by atoms with E-state index in [4.69, 9.17) is 0 Å². The SMILES string of the molecule is CN=C(NCCCN1CCCCC1C)NCc1ccc(F)c(CN(C)C)c1. The average Bonchev–Trinajstić information content (AvgIpc) is 2.64. The maximum absolute atomic E-state index is 13.9. The highest BCUT2D eigenvalue weighted by Crippen LogP contribution is 2.16. The lowest BCUT2D eigenvalue weighted by molar-refractivity contribution is 0.159. The average molecular weight is 378 g/mol. The van der Waals surface area contributed by atoms with Crippen LogP contribution in [-0.2, 0) is 13.1 Å². The molecule has 6 heteroatoms. The van der Waals surface area contributed by atoms with Gasteiger partial charge in [0.05, 0.1) is 0 Å². The largest absolute Gasteiger partial charge is 0.356 e. The molecule has 0 aromatic heterocycles. The molecule has 27 heavy (non-hydrogen) atoms. The van der Waals surface area contributed by atoms with Gasteiger partial charge in [-0.05, 0) is 64.5 Å². The topological polar surface area (TPSA) is 42.9 Å². The third kappa shape index (κ3) is 7.46. The second kappa shape index (κ2) is 11.2. The van der Waals surface area contributed by atoms with E-state index in [1.54, 1.807) is 13.1 Å². The Morgan fingerprint density at radius 3 is 2.81 bits per heavy atom. The molecule has 0 aliphatic carbocycles. The van der Waals surface area contributed by atoms with Gasteiger partial charge in [0, 0.05) is 44.8 Å². The van der Waals surface area contributed by atoms with E-state index in [1.165, 1.54) is 25.8 Å². The second-order valence-electron chi connectivity index (χ2n) is 7.75. The van der Waals surface area contributed by atoms with Crippen molar-refractivity contribution in [2.75, 3.05) is 40.8 Å². The van der Waals surface area contributed by atoms with E-state index in [2.05, 4.69) is 27.4 Å². The normalized spacial score (nSPS) is 18.7. The summed E-state index contributed by atoms with van der Waals surface area (Å²) in [6.07, 6.45) is 5.12. The first-order chi connectivity index (χ1) is 13.0. The summed E-state index contributed by atoms with van der Waals surface area (Å²) in [5, 5.41) is 6.70. The van der Waals surface area contributed by atoms with Crippen LogP contribution in [0.1, 0.15) is 43.7 Å². The number of piperidine rings is 1. The summed E-state index contributed by atoms with van der Waals surface area (Å²) in [7, 11) is 5.67. The number of halogens is 1. The number of rotatable bonds is 8. The van der Waals surface area contributed by atoms with Gasteiger partial charge < -0.3 is 20.4 Å². The number of hydrogen-bond acceptors (Lipinski definition) is 3. The van der Waals surface area contributed by atoms with Crippen LogP contribution in [-0.4, -0.2) is 62.6 Å².